The van der Waals surface area contributed by atoms with E-state index in [1.807, 2.05) is 0 Å². The predicted octanol–water partition coefficient (Wildman–Crippen LogP) is 3.08. The van der Waals surface area contributed by atoms with Crippen molar-refractivity contribution in [2.75, 3.05) is 11.9 Å². The molecule has 0 heterocycles. The van der Waals surface area contributed by atoms with Crippen molar-refractivity contribution in [2.45, 2.75) is 26.2 Å². The molecule has 1 fully saturated rings. The van der Waals surface area contributed by atoms with Gasteiger partial charge in [0.25, 0.3) is 0 Å². The van der Waals surface area contributed by atoms with Gasteiger partial charge in [-0.15, -0.1) is 0 Å². The van der Waals surface area contributed by atoms with Gasteiger partial charge in [-0.05, 0) is 42.9 Å². The van der Waals surface area contributed by atoms with Crippen LogP contribution in [0.3, 0.4) is 0 Å². The van der Waals surface area contributed by atoms with Gasteiger partial charge in [0.15, 0.2) is 0 Å². The molecule has 0 aromatic heterocycles. The normalized spacial score (nSPS) is 21.0. The van der Waals surface area contributed by atoms with E-state index < -0.39 is 17.8 Å². The Morgan fingerprint density at radius 1 is 1.38 bits per heavy atom. The van der Waals surface area contributed by atoms with E-state index in [0.717, 1.165) is 25.0 Å². The van der Waals surface area contributed by atoms with Crippen LogP contribution in [0.5, 0.6) is 0 Å². The van der Waals surface area contributed by atoms with Crippen LogP contribution < -0.4 is 10.6 Å². The fourth-order valence-corrected chi connectivity index (χ4v) is 2.72. The van der Waals surface area contributed by atoms with E-state index in [2.05, 4.69) is 17.6 Å². The van der Waals surface area contributed by atoms with Gasteiger partial charge in [-0.3, -0.25) is 0 Å². The molecule has 114 valence electrons. The number of anilines is 1. The zero-order valence-electron chi connectivity index (χ0n) is 11.9. The number of carbonyl (C=O) groups is 2. The van der Waals surface area contributed by atoms with Crippen molar-refractivity contribution in [1.82, 2.24) is 5.32 Å². The smallest absolute Gasteiger partial charge is 0.337 e. The maximum Gasteiger partial charge on any atom is 0.337 e. The van der Waals surface area contributed by atoms with Gasteiger partial charge in [0.1, 0.15) is 5.82 Å². The number of benzene rings is 1. The summed E-state index contributed by atoms with van der Waals surface area (Å²) in [4.78, 5) is 22.8. The maximum absolute atomic E-state index is 13.0. The number of carbonyl (C=O) groups excluding carboxylic acids is 1. The first-order valence-corrected chi connectivity index (χ1v) is 7.03. The Labute approximate surface area is 122 Å². The van der Waals surface area contributed by atoms with E-state index in [4.69, 9.17) is 5.11 Å². The number of amides is 2. The molecule has 1 aliphatic rings. The molecule has 21 heavy (non-hydrogen) atoms. The minimum absolute atomic E-state index is 0.0844. The van der Waals surface area contributed by atoms with Crippen molar-refractivity contribution in [2.24, 2.45) is 11.8 Å². The first kappa shape index (κ1) is 15.3. The van der Waals surface area contributed by atoms with Crippen LogP contribution in [0.1, 0.15) is 36.5 Å². The van der Waals surface area contributed by atoms with Crippen LogP contribution >= 0.6 is 0 Å². The van der Waals surface area contributed by atoms with E-state index in [1.54, 1.807) is 0 Å². The fraction of sp³-hybridized carbons (Fsp3) is 0.467. The third-order valence-corrected chi connectivity index (χ3v) is 3.81. The largest absolute Gasteiger partial charge is 0.478 e. The number of nitrogens with one attached hydrogen (secondary N) is 2. The van der Waals surface area contributed by atoms with Crippen LogP contribution in [-0.2, 0) is 0 Å². The van der Waals surface area contributed by atoms with Gasteiger partial charge in [-0.2, -0.15) is 0 Å². The number of hydrogen-bond donors (Lipinski definition) is 3. The van der Waals surface area contributed by atoms with Gasteiger partial charge in [0, 0.05) is 6.54 Å². The van der Waals surface area contributed by atoms with E-state index in [1.165, 1.54) is 12.5 Å². The molecule has 1 saturated carbocycles. The second kappa shape index (κ2) is 6.56. The lowest BCUT2D eigenvalue weighted by molar-refractivity contribution is 0.0697. The van der Waals surface area contributed by atoms with Gasteiger partial charge in [-0.1, -0.05) is 13.3 Å². The van der Waals surface area contributed by atoms with Crippen LogP contribution in [0.4, 0.5) is 14.9 Å². The Morgan fingerprint density at radius 2 is 2.14 bits per heavy atom. The molecule has 0 saturated heterocycles. The second-order valence-electron chi connectivity index (χ2n) is 5.61. The van der Waals surface area contributed by atoms with Crippen molar-refractivity contribution >= 4 is 17.7 Å². The number of carboxylic acid groups (broad SMARTS) is 1. The molecule has 0 spiro atoms. The summed E-state index contributed by atoms with van der Waals surface area (Å²) in [6.07, 6.45) is 3.37. The van der Waals surface area contributed by atoms with E-state index in [9.17, 15) is 14.0 Å². The summed E-state index contributed by atoms with van der Waals surface area (Å²) in [5.74, 6) is -0.777. The van der Waals surface area contributed by atoms with Crippen molar-refractivity contribution in [3.8, 4) is 0 Å². The van der Waals surface area contributed by atoms with Crippen LogP contribution in [0.15, 0.2) is 18.2 Å². The van der Waals surface area contributed by atoms with Crippen LogP contribution in [0.25, 0.3) is 0 Å². The predicted molar refractivity (Wildman–Crippen MR) is 76.9 cm³/mol. The molecule has 2 amide bonds. The van der Waals surface area contributed by atoms with Crippen molar-refractivity contribution < 1.29 is 19.1 Å². The number of halogens is 1. The van der Waals surface area contributed by atoms with Gasteiger partial charge < -0.3 is 15.7 Å². The lowest BCUT2D eigenvalue weighted by Gasteiger charge is -2.13. The molecule has 5 nitrogen and oxygen atoms in total. The highest BCUT2D eigenvalue weighted by atomic mass is 19.1. The zero-order chi connectivity index (χ0) is 15.4. The van der Waals surface area contributed by atoms with E-state index in [0.29, 0.717) is 18.4 Å². The maximum atomic E-state index is 13.0. The molecule has 2 atom stereocenters. The highest BCUT2D eigenvalue weighted by Gasteiger charge is 2.21. The number of urea groups is 1. The summed E-state index contributed by atoms with van der Waals surface area (Å²) in [6.45, 7) is 2.76. The third-order valence-electron chi connectivity index (χ3n) is 3.81. The molecule has 2 rings (SSSR count). The van der Waals surface area contributed by atoms with Gasteiger partial charge in [0.05, 0.1) is 11.3 Å². The summed E-state index contributed by atoms with van der Waals surface area (Å²) in [5.41, 5.74) is -0.180. The Balaban J connectivity index is 1.92. The number of hydrogen-bond acceptors (Lipinski definition) is 2. The average Bonchev–Trinajstić information content (AvgIpc) is 2.84. The van der Waals surface area contributed by atoms with Crippen LogP contribution in [0, 0.1) is 17.7 Å². The minimum Gasteiger partial charge on any atom is -0.478 e. The SMILES string of the molecule is CC1CCC(CNC(=O)Nc2ccc(F)cc2C(=O)O)C1. The Morgan fingerprint density at radius 3 is 2.76 bits per heavy atom. The van der Waals surface area contributed by atoms with E-state index in [-0.39, 0.29) is 11.3 Å². The minimum atomic E-state index is -1.28. The molecule has 1 aromatic carbocycles. The Bertz CT molecular complexity index is 548. The van der Waals surface area contributed by atoms with Gasteiger partial charge >= 0.3 is 12.0 Å². The molecule has 0 aliphatic heterocycles. The van der Waals surface area contributed by atoms with Crippen molar-refractivity contribution in [3.63, 3.8) is 0 Å². The molecule has 3 N–H and O–H groups in total. The molecule has 0 radical (unpaired) electrons. The quantitative estimate of drug-likeness (QED) is 0.798. The topological polar surface area (TPSA) is 78.4 Å². The molecular weight excluding hydrogens is 275 g/mol. The highest BCUT2D eigenvalue weighted by molar-refractivity contribution is 5.99. The lowest BCUT2D eigenvalue weighted by Crippen LogP contribution is -2.33. The molecule has 0 bridgehead atoms. The molecular formula is C15H19FN2O3. The van der Waals surface area contributed by atoms with Gasteiger partial charge in [-0.25, -0.2) is 14.0 Å². The Hall–Kier alpha value is -2.11. The lowest BCUT2D eigenvalue weighted by atomic mass is 10.1. The zero-order valence-corrected chi connectivity index (χ0v) is 11.9. The van der Waals surface area contributed by atoms with Crippen molar-refractivity contribution in [3.05, 3.63) is 29.6 Å². The summed E-state index contributed by atoms with van der Waals surface area (Å²) in [5, 5.41) is 14.2. The molecule has 2 unspecified atom stereocenters. The monoisotopic (exact) mass is 294 g/mol. The first-order chi connectivity index (χ1) is 9.95. The third kappa shape index (κ3) is 4.18. The molecule has 1 aliphatic carbocycles. The second-order valence-corrected chi connectivity index (χ2v) is 5.61. The highest BCUT2D eigenvalue weighted by Crippen LogP contribution is 2.29. The summed E-state index contributed by atoms with van der Waals surface area (Å²) in [6, 6.07) is 2.77. The summed E-state index contributed by atoms with van der Waals surface area (Å²) < 4.78 is 13.0. The Kier molecular flexibility index (Phi) is 4.77. The summed E-state index contributed by atoms with van der Waals surface area (Å²) >= 11 is 0. The molecule has 1 aromatic rings. The standard InChI is InChI=1S/C15H19FN2O3/c1-9-2-3-10(6-9)8-17-15(21)18-13-5-4-11(16)7-12(13)14(19)20/h4-5,7,9-10H,2-3,6,8H2,1H3,(H,19,20)(H2,17,18,21). The fourth-order valence-electron chi connectivity index (χ4n) is 2.72. The van der Waals surface area contributed by atoms with Crippen molar-refractivity contribution in [1.29, 1.82) is 0 Å². The number of aromatic carboxylic acids is 1. The summed E-state index contributed by atoms with van der Waals surface area (Å²) in [7, 11) is 0. The van der Waals surface area contributed by atoms with Crippen LogP contribution in [-0.4, -0.2) is 23.7 Å². The van der Waals surface area contributed by atoms with Gasteiger partial charge in [0.2, 0.25) is 0 Å². The molecule has 6 heteroatoms. The number of rotatable bonds is 4. The average molecular weight is 294 g/mol. The van der Waals surface area contributed by atoms with E-state index >= 15 is 0 Å². The van der Waals surface area contributed by atoms with Crippen LogP contribution in [0.2, 0.25) is 0 Å². The first-order valence-electron chi connectivity index (χ1n) is 7.03. The number of carboxylic acids is 1.